The first-order valence-corrected chi connectivity index (χ1v) is 5.29. The Bertz CT molecular complexity index is 314. The van der Waals surface area contributed by atoms with E-state index in [-0.39, 0.29) is 0 Å². The predicted octanol–water partition coefficient (Wildman–Crippen LogP) is 2.48. The summed E-state index contributed by atoms with van der Waals surface area (Å²) >= 11 is 7.74. The third kappa shape index (κ3) is 1.43. The lowest BCUT2D eigenvalue weighted by molar-refractivity contribution is 0.812. The highest BCUT2D eigenvalue weighted by Crippen LogP contribution is 2.33. The maximum atomic E-state index is 5.98. The van der Waals surface area contributed by atoms with Gasteiger partial charge in [0.15, 0.2) is 0 Å². The molecule has 2 rings (SSSR count). The van der Waals surface area contributed by atoms with Crippen LogP contribution in [0.4, 0.5) is 0 Å². The Morgan fingerprint density at radius 2 is 2.25 bits per heavy atom. The van der Waals surface area contributed by atoms with E-state index in [1.54, 1.807) is 11.8 Å². The Kier molecular flexibility index (Phi) is 2.24. The number of nitrogens with zero attached hydrogens (tertiary/aromatic N) is 2. The van der Waals surface area contributed by atoms with Crippen molar-refractivity contribution >= 4 is 23.4 Å². The summed E-state index contributed by atoms with van der Waals surface area (Å²) in [5, 5.41) is 0.627. The molecule has 0 bridgehead atoms. The summed E-state index contributed by atoms with van der Waals surface area (Å²) in [6.07, 6.45) is 2.25. The minimum absolute atomic E-state index is 0.627. The van der Waals surface area contributed by atoms with Gasteiger partial charge in [-0.2, -0.15) is 0 Å². The van der Waals surface area contributed by atoms with Crippen LogP contribution in [0.3, 0.4) is 0 Å². The molecule has 0 saturated carbocycles. The monoisotopic (exact) mass is 200 g/mol. The quantitative estimate of drug-likeness (QED) is 0.602. The SMILES string of the molecule is Cc1nc(Cl)c2c(n1)CCCS2. The normalized spacial score (nSPS) is 15.8. The molecule has 0 N–H and O–H groups in total. The number of thioether (sulfide) groups is 1. The van der Waals surface area contributed by atoms with Gasteiger partial charge in [0.25, 0.3) is 0 Å². The van der Waals surface area contributed by atoms with Crippen molar-refractivity contribution in [1.82, 2.24) is 9.97 Å². The molecular formula is C8H9ClN2S. The zero-order valence-electron chi connectivity index (χ0n) is 6.80. The molecule has 0 unspecified atom stereocenters. The van der Waals surface area contributed by atoms with E-state index < -0.39 is 0 Å². The number of aromatic nitrogens is 2. The van der Waals surface area contributed by atoms with E-state index in [0.29, 0.717) is 5.15 Å². The maximum Gasteiger partial charge on any atom is 0.146 e. The molecule has 0 spiro atoms. The van der Waals surface area contributed by atoms with Gasteiger partial charge < -0.3 is 0 Å². The van der Waals surface area contributed by atoms with Crippen molar-refractivity contribution in [1.29, 1.82) is 0 Å². The van der Waals surface area contributed by atoms with Crippen molar-refractivity contribution in [2.75, 3.05) is 5.75 Å². The number of aryl methyl sites for hydroxylation is 2. The molecule has 0 amide bonds. The minimum Gasteiger partial charge on any atom is -0.237 e. The molecule has 0 atom stereocenters. The fraction of sp³-hybridized carbons (Fsp3) is 0.500. The fourth-order valence-electron chi connectivity index (χ4n) is 1.31. The molecule has 0 saturated heterocycles. The summed E-state index contributed by atoms with van der Waals surface area (Å²) in [6, 6.07) is 0. The second kappa shape index (κ2) is 3.23. The van der Waals surface area contributed by atoms with Gasteiger partial charge in [0.05, 0.1) is 10.6 Å². The van der Waals surface area contributed by atoms with Crippen molar-refractivity contribution in [2.24, 2.45) is 0 Å². The molecule has 0 fully saturated rings. The summed E-state index contributed by atoms with van der Waals surface area (Å²) in [6.45, 7) is 1.88. The highest BCUT2D eigenvalue weighted by molar-refractivity contribution is 7.99. The topological polar surface area (TPSA) is 25.8 Å². The molecule has 0 aliphatic carbocycles. The van der Waals surface area contributed by atoms with Crippen LogP contribution in [0.15, 0.2) is 4.90 Å². The first-order chi connectivity index (χ1) is 5.77. The molecule has 64 valence electrons. The maximum absolute atomic E-state index is 5.98. The van der Waals surface area contributed by atoms with Crippen molar-refractivity contribution in [3.05, 3.63) is 16.7 Å². The Morgan fingerprint density at radius 3 is 3.08 bits per heavy atom. The van der Waals surface area contributed by atoms with E-state index >= 15 is 0 Å². The zero-order chi connectivity index (χ0) is 8.55. The smallest absolute Gasteiger partial charge is 0.146 e. The summed E-state index contributed by atoms with van der Waals surface area (Å²) < 4.78 is 0. The van der Waals surface area contributed by atoms with Crippen LogP contribution in [-0.4, -0.2) is 15.7 Å². The van der Waals surface area contributed by atoms with Crippen LogP contribution in [0.5, 0.6) is 0 Å². The summed E-state index contributed by atoms with van der Waals surface area (Å²) in [4.78, 5) is 9.57. The summed E-state index contributed by atoms with van der Waals surface area (Å²) in [5.74, 6) is 1.92. The third-order valence-electron chi connectivity index (χ3n) is 1.81. The average Bonchev–Trinajstić information content (AvgIpc) is 2.04. The van der Waals surface area contributed by atoms with Gasteiger partial charge in [0, 0.05) is 0 Å². The minimum atomic E-state index is 0.627. The molecule has 4 heteroatoms. The Balaban J connectivity index is 2.53. The van der Waals surface area contributed by atoms with E-state index in [2.05, 4.69) is 9.97 Å². The highest BCUT2D eigenvalue weighted by Gasteiger charge is 2.15. The number of fused-ring (bicyclic) bond motifs is 1. The van der Waals surface area contributed by atoms with E-state index in [9.17, 15) is 0 Å². The van der Waals surface area contributed by atoms with Crippen LogP contribution in [0, 0.1) is 6.92 Å². The van der Waals surface area contributed by atoms with Gasteiger partial charge in [-0.15, -0.1) is 11.8 Å². The predicted molar refractivity (Wildman–Crippen MR) is 50.8 cm³/mol. The third-order valence-corrected chi connectivity index (χ3v) is 3.41. The highest BCUT2D eigenvalue weighted by atomic mass is 35.5. The van der Waals surface area contributed by atoms with Crippen LogP contribution in [0.25, 0.3) is 0 Å². The van der Waals surface area contributed by atoms with Gasteiger partial charge in [-0.05, 0) is 25.5 Å². The van der Waals surface area contributed by atoms with Crippen molar-refractivity contribution < 1.29 is 0 Å². The average molecular weight is 201 g/mol. The number of rotatable bonds is 0. The van der Waals surface area contributed by atoms with Gasteiger partial charge in [-0.25, -0.2) is 9.97 Å². The van der Waals surface area contributed by atoms with Crippen LogP contribution in [0.1, 0.15) is 17.9 Å². The molecule has 1 aromatic rings. The van der Waals surface area contributed by atoms with Gasteiger partial charge in [-0.3, -0.25) is 0 Å². The van der Waals surface area contributed by atoms with Crippen LogP contribution < -0.4 is 0 Å². The molecule has 1 aromatic heterocycles. The lowest BCUT2D eigenvalue weighted by atomic mass is 10.2. The lowest BCUT2D eigenvalue weighted by Crippen LogP contribution is -2.05. The lowest BCUT2D eigenvalue weighted by Gasteiger charge is -2.14. The van der Waals surface area contributed by atoms with Crippen LogP contribution >= 0.6 is 23.4 Å². The van der Waals surface area contributed by atoms with Crippen molar-refractivity contribution in [3.8, 4) is 0 Å². The van der Waals surface area contributed by atoms with Gasteiger partial charge in [0.1, 0.15) is 11.0 Å². The molecule has 0 radical (unpaired) electrons. The van der Waals surface area contributed by atoms with E-state index in [1.807, 2.05) is 6.92 Å². The van der Waals surface area contributed by atoms with Gasteiger partial charge in [-0.1, -0.05) is 11.6 Å². The Morgan fingerprint density at radius 1 is 1.42 bits per heavy atom. The van der Waals surface area contributed by atoms with E-state index in [1.165, 1.54) is 6.42 Å². The van der Waals surface area contributed by atoms with Crippen molar-refractivity contribution in [3.63, 3.8) is 0 Å². The van der Waals surface area contributed by atoms with Gasteiger partial charge in [0.2, 0.25) is 0 Å². The number of halogens is 1. The Labute approximate surface area is 80.8 Å². The second-order valence-corrected chi connectivity index (χ2v) is 4.25. The Hall–Kier alpha value is -0.280. The first kappa shape index (κ1) is 8.32. The fourth-order valence-corrected chi connectivity index (χ4v) is 2.68. The summed E-state index contributed by atoms with van der Waals surface area (Å²) in [7, 11) is 0. The molecule has 0 aromatic carbocycles. The largest absolute Gasteiger partial charge is 0.237 e. The second-order valence-electron chi connectivity index (χ2n) is 2.79. The van der Waals surface area contributed by atoms with Gasteiger partial charge >= 0.3 is 0 Å². The number of hydrogen-bond donors (Lipinski definition) is 0. The standard InChI is InChI=1S/C8H9ClN2S/c1-5-10-6-3-2-4-12-7(6)8(9)11-5/h2-4H2,1H3. The number of hydrogen-bond acceptors (Lipinski definition) is 3. The van der Waals surface area contributed by atoms with Crippen molar-refractivity contribution in [2.45, 2.75) is 24.7 Å². The molecular weight excluding hydrogens is 192 g/mol. The van der Waals surface area contributed by atoms with Crippen LogP contribution in [-0.2, 0) is 6.42 Å². The first-order valence-electron chi connectivity index (χ1n) is 3.93. The zero-order valence-corrected chi connectivity index (χ0v) is 8.37. The molecule has 2 heterocycles. The molecule has 1 aliphatic rings. The molecule has 2 nitrogen and oxygen atoms in total. The molecule has 12 heavy (non-hydrogen) atoms. The van der Waals surface area contributed by atoms with Crippen LogP contribution in [0.2, 0.25) is 5.15 Å². The molecule has 1 aliphatic heterocycles. The summed E-state index contributed by atoms with van der Waals surface area (Å²) in [5.41, 5.74) is 1.13. The van der Waals surface area contributed by atoms with E-state index in [0.717, 1.165) is 28.6 Å². The van der Waals surface area contributed by atoms with E-state index in [4.69, 9.17) is 11.6 Å².